The Labute approximate surface area is 628 Å². The highest BCUT2D eigenvalue weighted by Gasteiger charge is 2.16. The Morgan fingerprint density at radius 2 is 0.752 bits per heavy atom. The summed E-state index contributed by atoms with van der Waals surface area (Å²) in [6.07, 6.45) is 13.1. The zero-order chi connectivity index (χ0) is 78.5. The van der Waals surface area contributed by atoms with Crippen LogP contribution in [0.4, 0.5) is 0 Å². The molecule has 0 N–H and O–H groups in total. The van der Waals surface area contributed by atoms with Crippen molar-refractivity contribution in [1.29, 1.82) is 0 Å². The zero-order valence-electron chi connectivity index (χ0n) is 64.5. The van der Waals surface area contributed by atoms with E-state index in [-0.39, 0.29) is 108 Å². The Morgan fingerprint density at radius 3 is 1.05 bits per heavy atom. The second-order valence-electron chi connectivity index (χ2n) is 25.7. The van der Waals surface area contributed by atoms with E-state index in [0.717, 1.165) is 35.8 Å². The summed E-state index contributed by atoms with van der Waals surface area (Å²) in [5.74, 6) is 2.18. The fourth-order valence-electron chi connectivity index (χ4n) is 8.33. The molecule has 1 atom stereocenters. The van der Waals surface area contributed by atoms with Gasteiger partial charge in [-0.3, -0.25) is 19.2 Å². The van der Waals surface area contributed by atoms with Gasteiger partial charge in [0.1, 0.15) is 49.4 Å². The Hall–Kier alpha value is -9.05. The maximum Gasteiger partial charge on any atom is 0.333 e. The number of thioether (sulfide) groups is 1. The first kappa shape index (κ1) is 94.0. The normalized spacial score (nSPS) is 11.3. The van der Waals surface area contributed by atoms with Crippen LogP contribution in [0, 0.1) is 0 Å². The molecule has 0 saturated carbocycles. The number of rotatable bonds is 42. The monoisotopic (exact) mass is 1480 g/mol. The molecule has 1 aliphatic rings. The number of hydrogen-bond acceptors (Lipinski definition) is 21. The topological polar surface area (TPSA) is 247 Å². The van der Waals surface area contributed by atoms with Crippen molar-refractivity contribution >= 4 is 59.5 Å². The van der Waals surface area contributed by atoms with Crippen molar-refractivity contribution in [1.82, 2.24) is 0 Å². The van der Waals surface area contributed by atoms with E-state index in [2.05, 4.69) is 128 Å². The van der Waals surface area contributed by atoms with Crippen molar-refractivity contribution in [3.8, 4) is 23.0 Å². The summed E-state index contributed by atoms with van der Waals surface area (Å²) >= 11 is 1.86. The summed E-state index contributed by atoms with van der Waals surface area (Å²) in [5, 5.41) is 0. The Bertz CT molecular complexity index is 3290. The number of esters is 8. The second-order valence-corrected chi connectivity index (χ2v) is 26.8. The van der Waals surface area contributed by atoms with Gasteiger partial charge in [0.2, 0.25) is 0 Å². The highest BCUT2D eigenvalue weighted by molar-refractivity contribution is 8.03. The lowest BCUT2D eigenvalue weighted by atomic mass is 10.0. The predicted molar refractivity (Wildman–Crippen MR) is 412 cm³/mol. The molecule has 4 aromatic carbocycles. The van der Waals surface area contributed by atoms with E-state index in [1.165, 1.54) is 27.2 Å². The molecule has 0 bridgehead atoms. The van der Waals surface area contributed by atoms with Crippen molar-refractivity contribution in [2.45, 2.75) is 197 Å². The lowest BCUT2D eigenvalue weighted by Gasteiger charge is -2.21. The third-order valence-corrected chi connectivity index (χ3v) is 15.4. The minimum absolute atomic E-state index is 0.178. The van der Waals surface area contributed by atoms with Crippen molar-refractivity contribution < 1.29 is 95.2 Å². The highest BCUT2D eigenvalue weighted by atomic mass is 32.2. The maximum absolute atomic E-state index is 11.6. The van der Waals surface area contributed by atoms with Gasteiger partial charge in [-0.2, -0.15) is 0 Å². The summed E-state index contributed by atoms with van der Waals surface area (Å²) in [4.78, 5) is 91.3. The quantitative estimate of drug-likeness (QED) is 0.0131. The SMILES string of the molecule is C=C(C)C(=O)OCCCC(=O)OCCOc1ccc(C(C)C)cc1.C=C(C)C(=O)OCCCC(=O)Oc1ccc(C(C)C)cc1.C=CC(=O)OCCCC(=O)OCCOc1ccc(C(C)C)cc1.C=CC(=O)OCCCC(=O)Oc1ccc(C(C)C)cc1.CC(C)OCC(CSC1=CCC=C1)OC(C)C. The molecule has 1 aliphatic carbocycles. The molecule has 105 heavy (non-hydrogen) atoms. The van der Waals surface area contributed by atoms with Gasteiger partial charge in [-0.25, -0.2) is 19.2 Å². The molecule has 0 heterocycles. The Kier molecular flexibility index (Phi) is 50.4. The minimum Gasteiger partial charge on any atom is -0.490 e. The van der Waals surface area contributed by atoms with Gasteiger partial charge in [-0.1, -0.05) is 148 Å². The van der Waals surface area contributed by atoms with Gasteiger partial charge in [-0.15, -0.1) is 11.8 Å². The molecule has 20 nitrogen and oxygen atoms in total. The van der Waals surface area contributed by atoms with Crippen LogP contribution in [0.25, 0.3) is 0 Å². The van der Waals surface area contributed by atoms with Crippen LogP contribution in [0.5, 0.6) is 23.0 Å². The van der Waals surface area contributed by atoms with Crippen LogP contribution < -0.4 is 18.9 Å². The first-order valence-corrected chi connectivity index (χ1v) is 36.8. The van der Waals surface area contributed by atoms with Crippen molar-refractivity contribution in [3.05, 3.63) is 192 Å². The van der Waals surface area contributed by atoms with Gasteiger partial charge in [0.25, 0.3) is 0 Å². The van der Waals surface area contributed by atoms with Crippen LogP contribution in [0.15, 0.2) is 170 Å². The summed E-state index contributed by atoms with van der Waals surface area (Å²) in [6.45, 7) is 44.3. The Morgan fingerprint density at radius 1 is 0.419 bits per heavy atom. The summed E-state index contributed by atoms with van der Waals surface area (Å²) in [7, 11) is 0. The molecule has 0 aliphatic heterocycles. The van der Waals surface area contributed by atoms with Gasteiger partial charge >= 0.3 is 47.8 Å². The Balaban J connectivity index is 0.000000659. The van der Waals surface area contributed by atoms with Crippen molar-refractivity contribution in [2.24, 2.45) is 0 Å². The molecule has 5 rings (SSSR count). The number of allylic oxidation sites excluding steroid dienone is 3. The molecule has 21 heteroatoms. The average molecular weight is 1480 g/mol. The van der Waals surface area contributed by atoms with Crippen LogP contribution in [0.3, 0.4) is 0 Å². The number of carbonyl (C=O) groups excluding carboxylic acids is 8. The molecular formula is C84H116O20S. The molecule has 578 valence electrons. The van der Waals surface area contributed by atoms with Crippen LogP contribution in [0.2, 0.25) is 0 Å². The summed E-state index contributed by atoms with van der Waals surface area (Å²) < 4.78 is 62.3. The van der Waals surface area contributed by atoms with E-state index in [0.29, 0.717) is 91.8 Å². The van der Waals surface area contributed by atoms with E-state index in [1.807, 2.05) is 84.6 Å². The number of benzene rings is 4. The molecule has 4 aromatic rings. The molecule has 1 unspecified atom stereocenters. The highest BCUT2D eigenvalue weighted by Crippen LogP contribution is 2.26. The molecule has 0 radical (unpaired) electrons. The van der Waals surface area contributed by atoms with E-state index in [4.69, 9.17) is 56.8 Å². The van der Waals surface area contributed by atoms with Crippen molar-refractivity contribution in [2.75, 3.05) is 65.2 Å². The average Bonchev–Trinajstić information content (AvgIpc) is 1.83. The van der Waals surface area contributed by atoms with Gasteiger partial charge in [0, 0.05) is 59.6 Å². The molecule has 0 amide bonds. The molecular weight excluding hydrogens is 1360 g/mol. The number of carbonyl (C=O) groups is 8. The molecule has 0 aromatic heterocycles. The third-order valence-electron chi connectivity index (χ3n) is 14.2. The van der Waals surface area contributed by atoms with E-state index in [9.17, 15) is 38.4 Å². The zero-order valence-corrected chi connectivity index (χ0v) is 65.3. The first-order valence-electron chi connectivity index (χ1n) is 35.8. The predicted octanol–water partition coefficient (Wildman–Crippen LogP) is 17.5. The van der Waals surface area contributed by atoms with Gasteiger partial charge in [0.05, 0.1) is 51.3 Å². The third kappa shape index (κ3) is 48.6. The molecule has 0 saturated heterocycles. The van der Waals surface area contributed by atoms with E-state index < -0.39 is 23.9 Å². The summed E-state index contributed by atoms with van der Waals surface area (Å²) in [6, 6.07) is 30.7. The lowest BCUT2D eigenvalue weighted by Crippen LogP contribution is -2.27. The lowest BCUT2D eigenvalue weighted by molar-refractivity contribution is -0.146. The van der Waals surface area contributed by atoms with Crippen LogP contribution in [-0.2, 0) is 76.3 Å². The van der Waals surface area contributed by atoms with Gasteiger partial charge < -0.3 is 56.8 Å². The van der Waals surface area contributed by atoms with Crippen molar-refractivity contribution in [3.63, 3.8) is 0 Å². The van der Waals surface area contributed by atoms with Crippen LogP contribution in [0.1, 0.15) is 201 Å². The van der Waals surface area contributed by atoms with Gasteiger partial charge in [-0.05, 0) is 168 Å². The van der Waals surface area contributed by atoms with E-state index in [1.54, 1.807) is 38.1 Å². The smallest absolute Gasteiger partial charge is 0.333 e. The number of hydrogen-bond donors (Lipinski definition) is 0. The maximum atomic E-state index is 11.6. The standard InChI is InChI=1S/C19H26O5.C18H24O5.C17H22O4.C16H20O4.C14H24O2S/c1-14(2)16-7-9-17(10-8-16)22-12-13-23-18(20)6-5-11-24-19(21)15(3)4;1-4-17(19)22-11-5-6-18(20)23-13-12-21-16-9-7-15(8-10-16)14(2)3;1-12(2)14-7-9-15(10-8-14)21-16(18)6-5-11-20-17(19)13(3)4;1-4-15(17)19-11-5-6-16(18)20-14-9-7-13(8-10-14)12(2)3;1-11(2)15-9-13(16-12(3)4)10-17-14-7-5-6-8-14/h7-10,14H,3,5-6,11-13H2,1-2,4H3;4,7-10,14H,1,5-6,11-13H2,2-3H3;7-10,12H,3,5-6,11H2,1-2,4H3;4,7-10,12H,1,5-6,11H2,2-3H3;5,7-8,11-13H,6,9-10H2,1-4H3. The largest absolute Gasteiger partial charge is 0.490 e. The fraction of sp³-hybridized carbons (Fsp3) is 0.476. The van der Waals surface area contributed by atoms with E-state index >= 15 is 0 Å². The van der Waals surface area contributed by atoms with Crippen LogP contribution >= 0.6 is 11.8 Å². The second kappa shape index (κ2) is 56.4. The number of ether oxygens (including phenoxy) is 12. The molecule has 0 fully saturated rings. The first-order chi connectivity index (χ1) is 49.9. The minimum atomic E-state index is -0.491. The summed E-state index contributed by atoms with van der Waals surface area (Å²) in [5.41, 5.74) is 5.59. The molecule has 0 spiro atoms. The fourth-order valence-corrected chi connectivity index (χ4v) is 9.29. The van der Waals surface area contributed by atoms with Gasteiger partial charge in [0.15, 0.2) is 0 Å². The van der Waals surface area contributed by atoms with Crippen LogP contribution in [-0.4, -0.2) is 131 Å².